The molecule has 4 rings (SSSR count). The van der Waals surface area contributed by atoms with E-state index in [4.69, 9.17) is 11.6 Å². The van der Waals surface area contributed by atoms with Gasteiger partial charge >= 0.3 is 0 Å². The van der Waals surface area contributed by atoms with Crippen molar-refractivity contribution in [2.75, 3.05) is 11.1 Å². The van der Waals surface area contributed by atoms with E-state index in [1.54, 1.807) is 36.5 Å². The fourth-order valence-electron chi connectivity index (χ4n) is 3.47. The van der Waals surface area contributed by atoms with Crippen molar-refractivity contribution in [3.8, 4) is 0 Å². The summed E-state index contributed by atoms with van der Waals surface area (Å²) in [6, 6.07) is 11.9. The van der Waals surface area contributed by atoms with E-state index in [1.807, 2.05) is 26.0 Å². The molecule has 0 spiro atoms. The molecule has 1 aliphatic heterocycles. The number of aromatic nitrogens is 2. The highest BCUT2D eigenvalue weighted by molar-refractivity contribution is 8.04. The number of carbonyl (C=O) groups is 1. The molecule has 0 fully saturated rings. The molecule has 6 nitrogen and oxygen atoms in total. The number of anilines is 1. The Bertz CT molecular complexity index is 1390. The largest absolute Gasteiger partial charge is 0.320 e. The molecule has 0 unspecified atom stereocenters. The van der Waals surface area contributed by atoms with Crippen LogP contribution in [0.3, 0.4) is 0 Å². The van der Waals surface area contributed by atoms with E-state index in [0.717, 1.165) is 16.2 Å². The van der Waals surface area contributed by atoms with E-state index in [-0.39, 0.29) is 16.6 Å². The zero-order valence-corrected chi connectivity index (χ0v) is 21.7. The Balaban J connectivity index is 1.60. The zero-order chi connectivity index (χ0) is 24.3. The first-order valence-electron chi connectivity index (χ1n) is 10.6. The second-order valence-corrected chi connectivity index (χ2v) is 12.1. The number of benzene rings is 2. The summed E-state index contributed by atoms with van der Waals surface area (Å²) in [5.74, 6) is 0.339. The fourth-order valence-corrected chi connectivity index (χ4v) is 6.75. The van der Waals surface area contributed by atoms with Crippen LogP contribution in [0.1, 0.15) is 30.7 Å². The summed E-state index contributed by atoms with van der Waals surface area (Å²) in [7, 11) is -3.67. The van der Waals surface area contributed by atoms with Crippen molar-refractivity contribution < 1.29 is 13.2 Å². The van der Waals surface area contributed by atoms with Crippen LogP contribution in [-0.4, -0.2) is 30.0 Å². The zero-order valence-electron chi connectivity index (χ0n) is 18.5. The summed E-state index contributed by atoms with van der Waals surface area (Å²) in [5, 5.41) is 3.90. The molecule has 1 N–H and O–H groups in total. The Morgan fingerprint density at radius 3 is 2.76 bits per heavy atom. The Hall–Kier alpha value is -2.33. The van der Waals surface area contributed by atoms with Crippen LogP contribution in [0.5, 0.6) is 0 Å². The van der Waals surface area contributed by atoms with Gasteiger partial charge in [0.2, 0.25) is 0 Å². The van der Waals surface area contributed by atoms with Crippen LogP contribution in [0.4, 0.5) is 5.69 Å². The van der Waals surface area contributed by atoms with Crippen LogP contribution in [0.15, 0.2) is 68.5 Å². The molecule has 2 heterocycles. The van der Waals surface area contributed by atoms with Crippen LogP contribution >= 0.6 is 35.1 Å². The molecule has 176 valence electrons. The quantitative estimate of drug-likeness (QED) is 0.232. The minimum absolute atomic E-state index is 0.138. The van der Waals surface area contributed by atoms with Crippen molar-refractivity contribution in [3.05, 3.63) is 75.4 Å². The predicted octanol–water partition coefficient (Wildman–Crippen LogP) is 5.86. The summed E-state index contributed by atoms with van der Waals surface area (Å²) in [6.07, 6.45) is 4.05. The number of hydrogen-bond donors (Lipinski definition) is 1. The van der Waals surface area contributed by atoms with Gasteiger partial charge in [-0.15, -0.1) is 0 Å². The van der Waals surface area contributed by atoms with Gasteiger partial charge in [-0.25, -0.2) is 18.4 Å². The molecular weight excluding hydrogens is 510 g/mol. The minimum Gasteiger partial charge on any atom is -0.320 e. The number of carbonyl (C=O) groups excluding carboxylic acids is 1. The van der Waals surface area contributed by atoms with Gasteiger partial charge in [-0.05, 0) is 59.7 Å². The Kier molecular flexibility index (Phi) is 7.67. The molecule has 10 heteroatoms. The fraction of sp³-hybridized carbons (Fsp3) is 0.208. The predicted molar refractivity (Wildman–Crippen MR) is 139 cm³/mol. The van der Waals surface area contributed by atoms with E-state index < -0.39 is 9.84 Å². The van der Waals surface area contributed by atoms with E-state index in [1.165, 1.54) is 29.6 Å². The molecule has 0 bridgehead atoms. The summed E-state index contributed by atoms with van der Waals surface area (Å²) in [5.41, 5.74) is 2.61. The van der Waals surface area contributed by atoms with Crippen LogP contribution in [0.25, 0.3) is 6.08 Å². The Morgan fingerprint density at radius 1 is 1.18 bits per heavy atom. The van der Waals surface area contributed by atoms with E-state index in [2.05, 4.69) is 15.3 Å². The van der Waals surface area contributed by atoms with Crippen molar-refractivity contribution in [2.45, 2.75) is 41.0 Å². The number of fused-ring (bicyclic) bond motifs is 1. The van der Waals surface area contributed by atoms with E-state index in [9.17, 15) is 13.2 Å². The van der Waals surface area contributed by atoms with Crippen molar-refractivity contribution in [1.82, 2.24) is 9.97 Å². The third-order valence-corrected chi connectivity index (χ3v) is 8.98. The lowest BCUT2D eigenvalue weighted by Gasteiger charge is -2.19. The molecule has 2 aromatic carbocycles. The third kappa shape index (κ3) is 5.49. The molecule has 1 aromatic heterocycles. The highest BCUT2D eigenvalue weighted by Gasteiger charge is 2.25. The summed E-state index contributed by atoms with van der Waals surface area (Å²) in [6.45, 7) is 3.98. The van der Waals surface area contributed by atoms with Gasteiger partial charge in [0.05, 0.1) is 26.9 Å². The van der Waals surface area contributed by atoms with Gasteiger partial charge in [-0.3, -0.25) is 4.79 Å². The lowest BCUT2D eigenvalue weighted by molar-refractivity contribution is -0.112. The van der Waals surface area contributed by atoms with Gasteiger partial charge in [0, 0.05) is 16.1 Å². The Labute approximate surface area is 212 Å². The number of aryl methyl sites for hydroxylation is 1. The number of rotatable bonds is 7. The molecule has 1 aliphatic rings. The van der Waals surface area contributed by atoms with Crippen LogP contribution in [0.2, 0.25) is 5.02 Å². The van der Waals surface area contributed by atoms with Crippen LogP contribution in [0, 0.1) is 0 Å². The molecule has 3 aromatic rings. The van der Waals surface area contributed by atoms with Crippen molar-refractivity contribution in [1.29, 1.82) is 0 Å². The third-order valence-electron chi connectivity index (χ3n) is 5.14. The van der Waals surface area contributed by atoms with Gasteiger partial charge < -0.3 is 5.32 Å². The normalized spacial score (nSPS) is 14.7. The second kappa shape index (κ2) is 10.5. The Morgan fingerprint density at radius 2 is 2.00 bits per heavy atom. The monoisotopic (exact) mass is 531 g/mol. The maximum absolute atomic E-state index is 13.2. The summed E-state index contributed by atoms with van der Waals surface area (Å²) in [4.78, 5) is 22.8. The van der Waals surface area contributed by atoms with Gasteiger partial charge in [0.15, 0.2) is 15.0 Å². The van der Waals surface area contributed by atoms with E-state index >= 15 is 0 Å². The van der Waals surface area contributed by atoms with Crippen molar-refractivity contribution >= 4 is 62.6 Å². The standard InChI is InChI=1S/C24H22ClN3O3S3/c1-3-15-6-5-7-19(25)18(15)14-34(30,31)17-8-9-21-20(13-17)28-23(29)22(33-21)12-16-10-11-26-24(27-16)32-4-2/h5-13H,3-4,14H2,1-2H3,(H,28,29)/b22-12-. The summed E-state index contributed by atoms with van der Waals surface area (Å²) < 4.78 is 26.3. The SMILES string of the molecule is CCSc1nccc(/C=C2\Sc3ccc(S(=O)(=O)Cc4c(Cl)cccc4CC)cc3NC2=O)n1. The highest BCUT2D eigenvalue weighted by atomic mass is 35.5. The average Bonchev–Trinajstić information content (AvgIpc) is 2.81. The number of amides is 1. The number of halogens is 1. The van der Waals surface area contributed by atoms with Gasteiger partial charge in [0.25, 0.3) is 5.91 Å². The molecule has 1 amide bonds. The van der Waals surface area contributed by atoms with Crippen LogP contribution < -0.4 is 5.32 Å². The number of thioether (sulfide) groups is 2. The van der Waals surface area contributed by atoms with Gasteiger partial charge in [-0.1, -0.05) is 61.1 Å². The maximum Gasteiger partial charge on any atom is 0.262 e. The molecule has 0 radical (unpaired) electrons. The second-order valence-electron chi connectivity index (χ2n) is 7.41. The average molecular weight is 532 g/mol. The number of nitrogens with one attached hydrogen (secondary N) is 1. The summed E-state index contributed by atoms with van der Waals surface area (Å²) >= 11 is 9.11. The number of hydrogen-bond acceptors (Lipinski definition) is 7. The van der Waals surface area contributed by atoms with Crippen LogP contribution in [-0.2, 0) is 26.8 Å². The molecule has 0 saturated carbocycles. The van der Waals surface area contributed by atoms with Crippen molar-refractivity contribution in [3.63, 3.8) is 0 Å². The maximum atomic E-state index is 13.2. The lowest BCUT2D eigenvalue weighted by atomic mass is 10.1. The molecule has 0 saturated heterocycles. The number of sulfone groups is 1. The topological polar surface area (TPSA) is 89.0 Å². The molecule has 0 aliphatic carbocycles. The first-order valence-corrected chi connectivity index (χ1v) is 14.4. The van der Waals surface area contributed by atoms with Gasteiger partial charge in [-0.2, -0.15) is 0 Å². The first kappa shape index (κ1) is 24.8. The van der Waals surface area contributed by atoms with E-state index in [0.29, 0.717) is 38.4 Å². The molecule has 34 heavy (non-hydrogen) atoms. The number of nitrogens with zero attached hydrogens (tertiary/aromatic N) is 2. The smallest absolute Gasteiger partial charge is 0.262 e. The van der Waals surface area contributed by atoms with Gasteiger partial charge in [0.1, 0.15) is 0 Å². The first-order chi connectivity index (χ1) is 16.3. The molecule has 0 atom stereocenters. The van der Waals surface area contributed by atoms with Crippen molar-refractivity contribution in [2.24, 2.45) is 0 Å². The molecular formula is C24H22ClN3O3S3. The lowest BCUT2D eigenvalue weighted by Crippen LogP contribution is -2.18. The minimum atomic E-state index is -3.67. The highest BCUT2D eigenvalue weighted by Crippen LogP contribution is 2.40.